The van der Waals surface area contributed by atoms with Crippen LogP contribution in [0.2, 0.25) is 0 Å². The largest absolute Gasteiger partial charge is 0.469 e. The lowest BCUT2D eigenvalue weighted by Gasteiger charge is -2.27. The van der Waals surface area contributed by atoms with Crippen LogP contribution in [-0.4, -0.2) is 30.4 Å². The van der Waals surface area contributed by atoms with Crippen molar-refractivity contribution in [3.8, 4) is 0 Å². The van der Waals surface area contributed by atoms with E-state index < -0.39 is 0 Å². The fraction of sp³-hybridized carbons (Fsp3) is 0.619. The first kappa shape index (κ1) is 20.4. The number of carbonyl (C=O) groups excluding carboxylic acids is 2. The number of carbonyl (C=O) groups is 2. The Morgan fingerprint density at radius 2 is 1.85 bits per heavy atom. The van der Waals surface area contributed by atoms with Crippen LogP contribution in [0, 0.1) is 17.7 Å². The molecule has 26 heavy (non-hydrogen) atoms. The Balaban J connectivity index is 1.98. The first-order valence-corrected chi connectivity index (χ1v) is 9.59. The number of hydrogen-bond acceptors (Lipinski definition) is 3. The maximum absolute atomic E-state index is 13.1. The van der Waals surface area contributed by atoms with Crippen LogP contribution in [0.5, 0.6) is 0 Å². The Morgan fingerprint density at radius 1 is 1.19 bits per heavy atom. The molecule has 0 aromatic heterocycles. The molecule has 0 radical (unpaired) electrons. The van der Waals surface area contributed by atoms with Crippen LogP contribution in [0.4, 0.5) is 4.39 Å². The summed E-state index contributed by atoms with van der Waals surface area (Å²) in [6.07, 6.45) is 7.66. The lowest BCUT2D eigenvalue weighted by Crippen LogP contribution is -2.37. The second kappa shape index (κ2) is 10.3. The number of esters is 1. The number of ether oxygens (including phenoxy) is 1. The summed E-state index contributed by atoms with van der Waals surface area (Å²) < 4.78 is 17.9. The third-order valence-electron chi connectivity index (χ3n) is 5.23. The molecule has 1 aliphatic carbocycles. The van der Waals surface area contributed by atoms with Crippen LogP contribution in [0.15, 0.2) is 24.3 Å². The van der Waals surface area contributed by atoms with Gasteiger partial charge in [-0.1, -0.05) is 51.2 Å². The van der Waals surface area contributed by atoms with Gasteiger partial charge in [0.25, 0.3) is 0 Å². The number of hydrogen-bond donors (Lipinski definition) is 0. The number of methoxy groups -OCH3 is 1. The molecule has 1 atom stereocenters. The monoisotopic (exact) mass is 363 g/mol. The maximum atomic E-state index is 13.1. The molecule has 4 nitrogen and oxygen atoms in total. The van der Waals surface area contributed by atoms with E-state index in [1.165, 1.54) is 51.3 Å². The van der Waals surface area contributed by atoms with Crippen molar-refractivity contribution in [1.82, 2.24) is 4.90 Å². The zero-order valence-corrected chi connectivity index (χ0v) is 15.9. The zero-order chi connectivity index (χ0) is 18.9. The summed E-state index contributed by atoms with van der Waals surface area (Å²) in [7, 11) is 1.36. The molecule has 1 aromatic carbocycles. The number of benzene rings is 1. The summed E-state index contributed by atoms with van der Waals surface area (Å²) in [5.41, 5.74) is 0.856. The van der Waals surface area contributed by atoms with Crippen LogP contribution in [0.25, 0.3) is 0 Å². The highest BCUT2D eigenvalue weighted by Crippen LogP contribution is 2.27. The van der Waals surface area contributed by atoms with Crippen molar-refractivity contribution in [3.63, 3.8) is 0 Å². The molecule has 1 aliphatic rings. The van der Waals surface area contributed by atoms with Crippen LogP contribution < -0.4 is 0 Å². The van der Waals surface area contributed by atoms with Crippen molar-refractivity contribution in [2.45, 2.75) is 58.4 Å². The van der Waals surface area contributed by atoms with E-state index in [0.717, 1.165) is 12.0 Å². The standard InChI is InChI=1S/C21H30FNO3/c1-16(21(25)26-2)14-23(15-18-8-11-19(22)12-9-18)20(24)13-10-17-6-4-3-5-7-17/h8-9,11-12,16-17H,3-7,10,13-15H2,1-2H3. The summed E-state index contributed by atoms with van der Waals surface area (Å²) in [6, 6.07) is 6.15. The van der Waals surface area contributed by atoms with Crippen molar-refractivity contribution in [3.05, 3.63) is 35.6 Å². The van der Waals surface area contributed by atoms with Crippen LogP contribution in [-0.2, 0) is 20.9 Å². The average molecular weight is 363 g/mol. The fourth-order valence-electron chi connectivity index (χ4n) is 3.63. The third-order valence-corrected chi connectivity index (χ3v) is 5.23. The van der Waals surface area contributed by atoms with Gasteiger partial charge in [0, 0.05) is 19.5 Å². The first-order valence-electron chi connectivity index (χ1n) is 9.59. The van der Waals surface area contributed by atoms with Crippen LogP contribution >= 0.6 is 0 Å². The fourth-order valence-corrected chi connectivity index (χ4v) is 3.63. The normalized spacial score (nSPS) is 16.1. The molecule has 1 amide bonds. The van der Waals surface area contributed by atoms with Crippen LogP contribution in [0.3, 0.4) is 0 Å². The van der Waals surface area contributed by atoms with Gasteiger partial charge in [0.15, 0.2) is 0 Å². The van der Waals surface area contributed by atoms with Gasteiger partial charge in [-0.25, -0.2) is 4.39 Å². The van der Waals surface area contributed by atoms with E-state index >= 15 is 0 Å². The number of nitrogens with zero attached hydrogens (tertiary/aromatic N) is 1. The molecule has 0 heterocycles. The maximum Gasteiger partial charge on any atom is 0.310 e. The minimum absolute atomic E-state index is 0.0515. The van der Waals surface area contributed by atoms with Gasteiger partial charge < -0.3 is 9.64 Å². The van der Waals surface area contributed by atoms with Gasteiger partial charge in [-0.15, -0.1) is 0 Å². The number of halogens is 1. The van der Waals surface area contributed by atoms with Crippen molar-refractivity contribution >= 4 is 11.9 Å². The molecule has 2 rings (SSSR count). The average Bonchev–Trinajstić information content (AvgIpc) is 2.67. The molecule has 0 N–H and O–H groups in total. The molecule has 0 bridgehead atoms. The van der Waals surface area contributed by atoms with Gasteiger partial charge in [0.05, 0.1) is 13.0 Å². The number of amides is 1. The summed E-state index contributed by atoms with van der Waals surface area (Å²) in [4.78, 5) is 26.3. The molecular weight excluding hydrogens is 333 g/mol. The van der Waals surface area contributed by atoms with E-state index in [4.69, 9.17) is 4.74 Å². The van der Waals surface area contributed by atoms with E-state index in [-0.39, 0.29) is 23.6 Å². The lowest BCUT2D eigenvalue weighted by molar-refractivity contribution is -0.146. The Bertz CT molecular complexity index is 581. The summed E-state index contributed by atoms with van der Waals surface area (Å²) in [6.45, 7) is 2.45. The topological polar surface area (TPSA) is 46.6 Å². The minimum Gasteiger partial charge on any atom is -0.469 e. The molecule has 5 heteroatoms. The molecule has 144 valence electrons. The van der Waals surface area contributed by atoms with Crippen molar-refractivity contribution in [2.24, 2.45) is 11.8 Å². The predicted octanol–water partition coefficient (Wildman–Crippen LogP) is 4.32. The summed E-state index contributed by atoms with van der Waals surface area (Å²) >= 11 is 0. The van der Waals surface area contributed by atoms with Gasteiger partial charge in [-0.05, 0) is 30.0 Å². The highest BCUT2D eigenvalue weighted by atomic mass is 19.1. The Hall–Kier alpha value is -1.91. The third kappa shape index (κ3) is 6.43. The molecule has 0 saturated heterocycles. The molecule has 1 fully saturated rings. The van der Waals surface area contributed by atoms with Crippen LogP contribution in [0.1, 0.15) is 57.4 Å². The van der Waals surface area contributed by atoms with Gasteiger partial charge in [-0.2, -0.15) is 0 Å². The van der Waals surface area contributed by atoms with Gasteiger partial charge in [0.2, 0.25) is 5.91 Å². The predicted molar refractivity (Wildman–Crippen MR) is 98.8 cm³/mol. The molecule has 0 aliphatic heterocycles. The Labute approximate surface area is 155 Å². The molecular formula is C21H30FNO3. The van der Waals surface area contributed by atoms with E-state index in [1.54, 1.807) is 24.0 Å². The Morgan fingerprint density at radius 3 is 2.46 bits per heavy atom. The number of rotatable bonds is 8. The second-order valence-electron chi connectivity index (χ2n) is 7.37. The highest BCUT2D eigenvalue weighted by molar-refractivity contribution is 5.78. The van der Waals surface area contributed by atoms with E-state index in [0.29, 0.717) is 25.4 Å². The van der Waals surface area contributed by atoms with Gasteiger partial charge in [0.1, 0.15) is 5.82 Å². The molecule has 1 unspecified atom stereocenters. The summed E-state index contributed by atoms with van der Waals surface area (Å²) in [5, 5.41) is 0. The lowest BCUT2D eigenvalue weighted by atomic mass is 9.86. The van der Waals surface area contributed by atoms with Crippen molar-refractivity contribution < 1.29 is 18.7 Å². The summed E-state index contributed by atoms with van der Waals surface area (Å²) in [5.74, 6) is -0.325. The minimum atomic E-state index is -0.390. The van der Waals surface area contributed by atoms with E-state index in [9.17, 15) is 14.0 Å². The van der Waals surface area contributed by atoms with Gasteiger partial charge in [-0.3, -0.25) is 9.59 Å². The van der Waals surface area contributed by atoms with Crippen molar-refractivity contribution in [2.75, 3.05) is 13.7 Å². The zero-order valence-electron chi connectivity index (χ0n) is 15.9. The highest BCUT2D eigenvalue weighted by Gasteiger charge is 2.23. The molecule has 1 saturated carbocycles. The molecule has 1 aromatic rings. The SMILES string of the molecule is COC(=O)C(C)CN(Cc1ccc(F)cc1)C(=O)CCC1CCCCC1. The van der Waals surface area contributed by atoms with Gasteiger partial charge >= 0.3 is 5.97 Å². The second-order valence-corrected chi connectivity index (χ2v) is 7.37. The van der Waals surface area contributed by atoms with E-state index in [1.807, 2.05) is 0 Å². The van der Waals surface area contributed by atoms with Crippen molar-refractivity contribution in [1.29, 1.82) is 0 Å². The quantitative estimate of drug-likeness (QED) is 0.646. The Kier molecular flexibility index (Phi) is 8.07. The first-order chi connectivity index (χ1) is 12.5. The smallest absolute Gasteiger partial charge is 0.310 e. The van der Waals surface area contributed by atoms with E-state index in [2.05, 4.69) is 0 Å². The molecule has 0 spiro atoms.